The van der Waals surface area contributed by atoms with Gasteiger partial charge in [-0.1, -0.05) is 51.7 Å². The number of ether oxygens (including phenoxy) is 1. The van der Waals surface area contributed by atoms with Gasteiger partial charge in [-0.05, 0) is 25.7 Å². The Labute approximate surface area is 138 Å². The van der Waals surface area contributed by atoms with E-state index in [0.717, 1.165) is 38.5 Å². The van der Waals surface area contributed by atoms with Gasteiger partial charge in [0.1, 0.15) is 11.5 Å². The average molecular weight is 326 g/mol. The second kappa shape index (κ2) is 7.34. The van der Waals surface area contributed by atoms with Crippen molar-refractivity contribution in [3.63, 3.8) is 0 Å². The van der Waals surface area contributed by atoms with Gasteiger partial charge in [-0.25, -0.2) is 0 Å². The van der Waals surface area contributed by atoms with Crippen LogP contribution in [0.25, 0.3) is 0 Å². The Hall–Kier alpha value is -0.880. The van der Waals surface area contributed by atoms with Crippen LogP contribution < -0.4 is 0 Å². The van der Waals surface area contributed by atoms with Crippen LogP contribution >= 0.6 is 0 Å². The molecular formula is C18H30O5. The molecule has 132 valence electrons. The number of aliphatic hydroxyl groups is 4. The van der Waals surface area contributed by atoms with Crippen molar-refractivity contribution in [2.45, 2.75) is 76.8 Å². The fourth-order valence-corrected chi connectivity index (χ4v) is 4.08. The molecule has 0 bridgehead atoms. The molecule has 5 nitrogen and oxygen atoms in total. The first-order valence-corrected chi connectivity index (χ1v) is 8.64. The summed E-state index contributed by atoms with van der Waals surface area (Å²) in [6.07, 6.45) is 5.01. The molecule has 0 amide bonds. The van der Waals surface area contributed by atoms with Gasteiger partial charge in [0.05, 0.1) is 10.8 Å². The zero-order valence-corrected chi connectivity index (χ0v) is 13.8. The summed E-state index contributed by atoms with van der Waals surface area (Å²) in [5, 5.41) is 39.5. The number of hydrogen-bond donors (Lipinski definition) is 4. The lowest BCUT2D eigenvalue weighted by atomic mass is 9.71. The van der Waals surface area contributed by atoms with Crippen molar-refractivity contribution in [1.29, 1.82) is 0 Å². The van der Waals surface area contributed by atoms with Gasteiger partial charge in [-0.3, -0.25) is 0 Å². The second-order valence-corrected chi connectivity index (χ2v) is 7.13. The maximum Gasteiger partial charge on any atom is 0.164 e. The molecule has 2 saturated carbocycles. The fraction of sp³-hybridized carbons (Fsp3) is 0.778. The molecule has 0 aromatic heterocycles. The van der Waals surface area contributed by atoms with E-state index in [9.17, 15) is 20.4 Å². The molecule has 2 aliphatic rings. The molecule has 4 N–H and O–H groups in total. The van der Waals surface area contributed by atoms with Gasteiger partial charge >= 0.3 is 0 Å². The molecule has 2 rings (SSSR count). The Morgan fingerprint density at radius 2 is 0.957 bits per heavy atom. The Bertz CT molecular complexity index is 389. The van der Waals surface area contributed by atoms with Crippen LogP contribution in [0, 0.1) is 10.8 Å². The van der Waals surface area contributed by atoms with Crippen molar-refractivity contribution in [1.82, 2.24) is 0 Å². The maximum absolute atomic E-state index is 9.88. The fourth-order valence-electron chi connectivity index (χ4n) is 4.08. The highest BCUT2D eigenvalue weighted by atomic mass is 16.5. The highest BCUT2D eigenvalue weighted by molar-refractivity contribution is 5.14. The zero-order valence-electron chi connectivity index (χ0n) is 13.8. The van der Waals surface area contributed by atoms with E-state index in [1.165, 1.54) is 0 Å². The molecule has 0 aromatic rings. The topological polar surface area (TPSA) is 90.2 Å². The second-order valence-electron chi connectivity index (χ2n) is 7.13. The van der Waals surface area contributed by atoms with Crippen molar-refractivity contribution >= 4 is 0 Å². The van der Waals surface area contributed by atoms with Crippen molar-refractivity contribution in [2.24, 2.45) is 10.8 Å². The third-order valence-electron chi connectivity index (χ3n) is 5.84. The van der Waals surface area contributed by atoms with Crippen LogP contribution in [0.15, 0.2) is 24.7 Å². The molecule has 0 aromatic carbocycles. The zero-order chi connectivity index (χ0) is 17.1. The molecule has 0 heterocycles. The molecule has 2 aliphatic carbocycles. The molecule has 5 heteroatoms. The van der Waals surface area contributed by atoms with Gasteiger partial charge in [0, 0.05) is 0 Å². The van der Waals surface area contributed by atoms with Crippen molar-refractivity contribution < 1.29 is 25.2 Å². The van der Waals surface area contributed by atoms with Gasteiger partial charge in [0.25, 0.3) is 0 Å². The average Bonchev–Trinajstić information content (AvgIpc) is 2.55. The molecule has 0 radical (unpaired) electrons. The van der Waals surface area contributed by atoms with Crippen LogP contribution in [0.4, 0.5) is 0 Å². The van der Waals surface area contributed by atoms with E-state index >= 15 is 0 Å². The molecule has 23 heavy (non-hydrogen) atoms. The van der Waals surface area contributed by atoms with E-state index in [0.29, 0.717) is 25.7 Å². The predicted molar refractivity (Wildman–Crippen MR) is 86.9 cm³/mol. The Morgan fingerprint density at radius 3 is 1.22 bits per heavy atom. The highest BCUT2D eigenvalue weighted by Gasteiger charge is 2.47. The minimum absolute atomic E-state index is 0.280. The third-order valence-corrected chi connectivity index (χ3v) is 5.84. The Balaban J connectivity index is 2.15. The van der Waals surface area contributed by atoms with Crippen molar-refractivity contribution in [3.8, 4) is 0 Å². The number of rotatable bonds is 6. The summed E-state index contributed by atoms with van der Waals surface area (Å²) in [5.41, 5.74) is -1.78. The first-order chi connectivity index (χ1) is 10.8. The highest BCUT2D eigenvalue weighted by Crippen LogP contribution is 2.49. The Kier molecular flexibility index (Phi) is 5.89. The maximum atomic E-state index is 9.88. The lowest BCUT2D eigenvalue weighted by molar-refractivity contribution is -0.162. The van der Waals surface area contributed by atoms with Gasteiger partial charge in [-0.15, -0.1) is 0 Å². The van der Waals surface area contributed by atoms with Crippen LogP contribution in [-0.2, 0) is 4.74 Å². The van der Waals surface area contributed by atoms with Gasteiger partial charge in [-0.2, -0.15) is 0 Å². The van der Waals surface area contributed by atoms with E-state index in [2.05, 4.69) is 13.2 Å². The van der Waals surface area contributed by atoms with E-state index < -0.39 is 23.4 Å². The van der Waals surface area contributed by atoms with Gasteiger partial charge < -0.3 is 25.2 Å². The number of hydrogen-bond acceptors (Lipinski definition) is 5. The third kappa shape index (κ3) is 3.48. The van der Waals surface area contributed by atoms with Crippen LogP contribution in [0.2, 0.25) is 0 Å². The quantitative estimate of drug-likeness (QED) is 0.445. The molecule has 0 aliphatic heterocycles. The SMILES string of the molecule is C=C(OC(=C)C1(C(O)O)CCCCC1)C1(C(O)O)CCCCC1. The van der Waals surface area contributed by atoms with E-state index in [1.807, 2.05) is 0 Å². The van der Waals surface area contributed by atoms with E-state index in [-0.39, 0.29) is 11.5 Å². The molecule has 2 fully saturated rings. The predicted octanol–water partition coefficient (Wildman–Crippen LogP) is 2.55. The van der Waals surface area contributed by atoms with Crippen LogP contribution in [-0.4, -0.2) is 33.0 Å². The summed E-state index contributed by atoms with van der Waals surface area (Å²) >= 11 is 0. The first-order valence-electron chi connectivity index (χ1n) is 8.64. The van der Waals surface area contributed by atoms with E-state index in [1.54, 1.807) is 0 Å². The normalized spacial score (nSPS) is 23.7. The van der Waals surface area contributed by atoms with Gasteiger partial charge in [0.2, 0.25) is 0 Å². The van der Waals surface area contributed by atoms with Crippen LogP contribution in [0.5, 0.6) is 0 Å². The van der Waals surface area contributed by atoms with Gasteiger partial charge in [0.15, 0.2) is 12.6 Å². The summed E-state index contributed by atoms with van der Waals surface area (Å²) in [4.78, 5) is 0. The molecule has 0 atom stereocenters. The van der Waals surface area contributed by atoms with Crippen LogP contribution in [0.1, 0.15) is 64.2 Å². The molecular weight excluding hydrogens is 296 g/mol. The summed E-state index contributed by atoms with van der Waals surface area (Å²) in [6, 6.07) is 0. The largest absolute Gasteiger partial charge is 0.466 e. The summed E-state index contributed by atoms with van der Waals surface area (Å²) in [7, 11) is 0. The minimum Gasteiger partial charge on any atom is -0.466 e. The summed E-state index contributed by atoms with van der Waals surface area (Å²) in [5.74, 6) is 0.561. The minimum atomic E-state index is -1.54. The van der Waals surface area contributed by atoms with Crippen LogP contribution in [0.3, 0.4) is 0 Å². The number of aliphatic hydroxyl groups excluding tert-OH is 2. The van der Waals surface area contributed by atoms with Crippen molar-refractivity contribution in [2.75, 3.05) is 0 Å². The standard InChI is InChI=1S/C18H30O5/c1-13(17(15(19)20)9-5-3-6-10-17)23-14(2)18(16(21)22)11-7-4-8-12-18/h15-16,19-22H,1-12H2. The van der Waals surface area contributed by atoms with Crippen molar-refractivity contribution in [3.05, 3.63) is 24.7 Å². The molecule has 0 spiro atoms. The lowest BCUT2D eigenvalue weighted by Gasteiger charge is -2.43. The molecule has 0 saturated heterocycles. The smallest absolute Gasteiger partial charge is 0.164 e. The molecule has 0 unspecified atom stereocenters. The summed E-state index contributed by atoms with van der Waals surface area (Å²) in [6.45, 7) is 7.86. The van der Waals surface area contributed by atoms with E-state index in [4.69, 9.17) is 4.74 Å². The Morgan fingerprint density at radius 1 is 0.652 bits per heavy atom. The lowest BCUT2D eigenvalue weighted by Crippen LogP contribution is -2.42. The monoisotopic (exact) mass is 326 g/mol. The summed E-state index contributed by atoms with van der Waals surface area (Å²) < 4.78 is 5.83. The first kappa shape index (κ1) is 18.5.